The highest BCUT2D eigenvalue weighted by Gasteiger charge is 2.20. The smallest absolute Gasteiger partial charge is 0.332 e. The van der Waals surface area contributed by atoms with E-state index < -0.39 is 11.7 Å². The van der Waals surface area contributed by atoms with Crippen LogP contribution in [0.1, 0.15) is 27.2 Å². The van der Waals surface area contributed by atoms with Crippen LogP contribution >= 0.6 is 0 Å². The Morgan fingerprint density at radius 2 is 2.13 bits per heavy atom. The summed E-state index contributed by atoms with van der Waals surface area (Å²) >= 11 is 0. The van der Waals surface area contributed by atoms with E-state index in [2.05, 4.69) is 0 Å². The fourth-order valence-corrected chi connectivity index (χ4v) is 1.32. The number of ether oxygens (including phenoxy) is 2. The van der Waals surface area contributed by atoms with Gasteiger partial charge >= 0.3 is 5.97 Å². The fraction of sp³-hybridized carbons (Fsp3) is 0.727. The number of aliphatic hydroxyl groups excluding tert-OH is 1. The molecule has 1 rings (SSSR count). The molecule has 0 amide bonds. The van der Waals surface area contributed by atoms with E-state index in [4.69, 9.17) is 14.6 Å². The van der Waals surface area contributed by atoms with Crippen molar-refractivity contribution in [2.75, 3.05) is 6.61 Å². The normalized spacial score (nSPS) is 25.6. The van der Waals surface area contributed by atoms with E-state index in [1.54, 1.807) is 12.2 Å². The minimum atomic E-state index is -0.481. The van der Waals surface area contributed by atoms with Crippen molar-refractivity contribution in [2.24, 2.45) is 0 Å². The molecule has 4 nitrogen and oxygen atoms in total. The number of rotatable bonds is 3. The molecule has 0 aromatic rings. The monoisotopic (exact) mass is 214 g/mol. The molecule has 86 valence electrons. The molecular formula is C11H18O4. The Kier molecular flexibility index (Phi) is 3.88. The van der Waals surface area contributed by atoms with Gasteiger partial charge in [-0.2, -0.15) is 0 Å². The number of carbonyl (C=O) groups excluding carboxylic acids is 1. The Morgan fingerprint density at radius 3 is 2.60 bits per heavy atom. The van der Waals surface area contributed by atoms with Gasteiger partial charge in [-0.1, -0.05) is 12.2 Å². The van der Waals surface area contributed by atoms with Crippen LogP contribution in [0.5, 0.6) is 0 Å². The van der Waals surface area contributed by atoms with Gasteiger partial charge in [-0.05, 0) is 20.8 Å². The zero-order valence-electron chi connectivity index (χ0n) is 9.40. The maximum Gasteiger partial charge on any atom is 0.332 e. The predicted octanol–water partition coefficient (Wildman–Crippen LogP) is 1.03. The number of hydrogen-bond donors (Lipinski definition) is 1. The standard InChI is InChI=1S/C11H18O4/c1-11(2,3)15-10(13)7-14-9-5-4-8(12)6-9/h4-5,8-9,12H,6-7H2,1-3H3/t8-,9-/m1/s1. The largest absolute Gasteiger partial charge is 0.458 e. The van der Waals surface area contributed by atoms with E-state index in [-0.39, 0.29) is 18.7 Å². The molecule has 1 aliphatic rings. The lowest BCUT2D eigenvalue weighted by molar-refractivity contribution is -0.161. The summed E-state index contributed by atoms with van der Waals surface area (Å²) in [5.74, 6) is -0.378. The van der Waals surface area contributed by atoms with Crippen molar-refractivity contribution < 1.29 is 19.4 Å². The minimum Gasteiger partial charge on any atom is -0.458 e. The SMILES string of the molecule is CC(C)(C)OC(=O)CO[C@@H]1C=C[C@@H](O)C1. The topological polar surface area (TPSA) is 55.8 Å². The lowest BCUT2D eigenvalue weighted by Gasteiger charge is -2.20. The van der Waals surface area contributed by atoms with Gasteiger partial charge in [0.05, 0.1) is 12.2 Å². The first kappa shape index (κ1) is 12.2. The van der Waals surface area contributed by atoms with Crippen LogP contribution in [0, 0.1) is 0 Å². The molecule has 15 heavy (non-hydrogen) atoms. The van der Waals surface area contributed by atoms with Crippen LogP contribution in [0.3, 0.4) is 0 Å². The molecule has 0 fully saturated rings. The van der Waals surface area contributed by atoms with Gasteiger partial charge in [0.25, 0.3) is 0 Å². The van der Waals surface area contributed by atoms with Gasteiger partial charge in [-0.3, -0.25) is 0 Å². The van der Waals surface area contributed by atoms with Crippen molar-refractivity contribution in [3.63, 3.8) is 0 Å². The molecule has 0 aromatic carbocycles. The Bertz CT molecular complexity index is 252. The van der Waals surface area contributed by atoms with Gasteiger partial charge in [0.2, 0.25) is 0 Å². The molecule has 0 saturated heterocycles. The molecule has 0 heterocycles. The molecule has 0 bridgehead atoms. The average molecular weight is 214 g/mol. The van der Waals surface area contributed by atoms with E-state index in [0.717, 1.165) is 0 Å². The van der Waals surface area contributed by atoms with E-state index >= 15 is 0 Å². The lowest BCUT2D eigenvalue weighted by Crippen LogP contribution is -2.28. The third-order valence-electron chi connectivity index (χ3n) is 1.86. The summed E-state index contributed by atoms with van der Waals surface area (Å²) in [4.78, 5) is 11.3. The van der Waals surface area contributed by atoms with Crippen LogP contribution in [0.25, 0.3) is 0 Å². The van der Waals surface area contributed by atoms with Gasteiger partial charge in [0.1, 0.15) is 12.2 Å². The van der Waals surface area contributed by atoms with Crippen molar-refractivity contribution in [3.8, 4) is 0 Å². The predicted molar refractivity (Wildman–Crippen MR) is 55.3 cm³/mol. The van der Waals surface area contributed by atoms with Gasteiger partial charge in [-0.25, -0.2) is 4.79 Å². The van der Waals surface area contributed by atoms with Crippen LogP contribution in [-0.2, 0) is 14.3 Å². The van der Waals surface area contributed by atoms with Crippen molar-refractivity contribution in [3.05, 3.63) is 12.2 Å². The number of aliphatic hydroxyl groups is 1. The highest BCUT2D eigenvalue weighted by molar-refractivity contribution is 5.71. The summed E-state index contributed by atoms with van der Waals surface area (Å²) in [5.41, 5.74) is -0.481. The highest BCUT2D eigenvalue weighted by atomic mass is 16.6. The maximum atomic E-state index is 11.3. The summed E-state index contributed by atoms with van der Waals surface area (Å²) in [6.45, 7) is 5.36. The molecule has 1 N–H and O–H groups in total. The van der Waals surface area contributed by atoms with Crippen molar-refractivity contribution in [2.45, 2.75) is 45.0 Å². The van der Waals surface area contributed by atoms with E-state index in [1.807, 2.05) is 20.8 Å². The molecule has 0 unspecified atom stereocenters. The first-order valence-electron chi connectivity index (χ1n) is 5.06. The van der Waals surface area contributed by atoms with Gasteiger partial charge in [0.15, 0.2) is 0 Å². The van der Waals surface area contributed by atoms with E-state index in [9.17, 15) is 4.79 Å². The maximum absolute atomic E-state index is 11.3. The summed E-state index contributed by atoms with van der Waals surface area (Å²) in [6, 6.07) is 0. The molecule has 2 atom stereocenters. The molecule has 1 aliphatic carbocycles. The second-order valence-electron chi connectivity index (χ2n) is 4.62. The van der Waals surface area contributed by atoms with Crippen LogP contribution in [-0.4, -0.2) is 35.5 Å². The molecule has 0 aliphatic heterocycles. The highest BCUT2D eigenvalue weighted by Crippen LogP contribution is 2.14. The Hall–Kier alpha value is -0.870. The van der Waals surface area contributed by atoms with Crippen LogP contribution < -0.4 is 0 Å². The summed E-state index contributed by atoms with van der Waals surface area (Å²) in [5, 5.41) is 9.17. The number of esters is 1. The van der Waals surface area contributed by atoms with Crippen LogP contribution in [0.4, 0.5) is 0 Å². The minimum absolute atomic E-state index is 0.0704. The van der Waals surface area contributed by atoms with E-state index in [1.165, 1.54) is 0 Å². The first-order valence-corrected chi connectivity index (χ1v) is 5.06. The number of carbonyl (C=O) groups is 1. The van der Waals surface area contributed by atoms with Gasteiger partial charge in [-0.15, -0.1) is 0 Å². The van der Waals surface area contributed by atoms with Gasteiger partial charge in [0, 0.05) is 6.42 Å². The molecule has 0 aromatic heterocycles. The molecule has 0 radical (unpaired) electrons. The Balaban J connectivity index is 2.20. The van der Waals surface area contributed by atoms with Crippen LogP contribution in [0.2, 0.25) is 0 Å². The van der Waals surface area contributed by atoms with E-state index in [0.29, 0.717) is 6.42 Å². The summed E-state index contributed by atoms with van der Waals surface area (Å²) < 4.78 is 10.3. The van der Waals surface area contributed by atoms with Gasteiger partial charge < -0.3 is 14.6 Å². The Labute approximate surface area is 89.9 Å². The van der Waals surface area contributed by atoms with Crippen molar-refractivity contribution in [1.82, 2.24) is 0 Å². The third-order valence-corrected chi connectivity index (χ3v) is 1.86. The Morgan fingerprint density at radius 1 is 1.47 bits per heavy atom. The van der Waals surface area contributed by atoms with Crippen LogP contribution in [0.15, 0.2) is 12.2 Å². The second kappa shape index (κ2) is 4.77. The van der Waals surface area contributed by atoms with Crippen molar-refractivity contribution >= 4 is 5.97 Å². The summed E-state index contributed by atoms with van der Waals surface area (Å²) in [6.07, 6.45) is 3.32. The quantitative estimate of drug-likeness (QED) is 0.563. The van der Waals surface area contributed by atoms with Crippen molar-refractivity contribution in [1.29, 1.82) is 0 Å². The zero-order valence-corrected chi connectivity index (χ0v) is 9.40. The molecular weight excluding hydrogens is 196 g/mol. The molecule has 4 heteroatoms. The zero-order chi connectivity index (χ0) is 11.5. The average Bonchev–Trinajstić information content (AvgIpc) is 2.45. The first-order chi connectivity index (χ1) is 6.87. The summed E-state index contributed by atoms with van der Waals surface area (Å²) in [7, 11) is 0. The second-order valence-corrected chi connectivity index (χ2v) is 4.62. The number of hydrogen-bond acceptors (Lipinski definition) is 4. The third kappa shape index (κ3) is 4.95. The lowest BCUT2D eigenvalue weighted by atomic mass is 10.2. The fourth-order valence-electron chi connectivity index (χ4n) is 1.32. The molecule has 0 saturated carbocycles. The molecule has 0 spiro atoms.